The lowest BCUT2D eigenvalue weighted by Crippen LogP contribution is -2.40. The summed E-state index contributed by atoms with van der Waals surface area (Å²) in [5.41, 5.74) is 2.24. The SMILES string of the molecule is COc1ccc2c(-c3ccccc3)c(C(=O)N3CCC(C(=O)O)CC3)oc2c1. The van der Waals surface area contributed by atoms with Crippen LogP contribution in [-0.4, -0.2) is 42.1 Å². The van der Waals surface area contributed by atoms with Crippen LogP contribution in [0.5, 0.6) is 5.75 Å². The summed E-state index contributed by atoms with van der Waals surface area (Å²) in [5, 5.41) is 10.0. The number of carboxylic acids is 1. The van der Waals surface area contributed by atoms with Crippen molar-refractivity contribution < 1.29 is 23.8 Å². The van der Waals surface area contributed by atoms with Crippen molar-refractivity contribution in [3.8, 4) is 16.9 Å². The first-order chi connectivity index (χ1) is 13.6. The number of likely N-dealkylation sites (tertiary alicyclic amines) is 1. The highest BCUT2D eigenvalue weighted by atomic mass is 16.5. The average Bonchev–Trinajstić information content (AvgIpc) is 3.12. The molecule has 0 radical (unpaired) electrons. The van der Waals surface area contributed by atoms with Crippen molar-refractivity contribution in [2.45, 2.75) is 12.8 Å². The standard InChI is InChI=1S/C22H21NO5/c1-27-16-7-8-17-18(13-16)28-20(19(17)14-5-3-2-4-6-14)21(24)23-11-9-15(10-12-23)22(25)26/h2-8,13,15H,9-12H2,1H3,(H,25,26). The van der Waals surface area contributed by atoms with Gasteiger partial charge in [0, 0.05) is 30.1 Å². The molecule has 1 amide bonds. The summed E-state index contributed by atoms with van der Waals surface area (Å²) in [6, 6.07) is 15.2. The van der Waals surface area contributed by atoms with Crippen molar-refractivity contribution in [2.75, 3.05) is 20.2 Å². The molecule has 0 aliphatic carbocycles. The van der Waals surface area contributed by atoms with Gasteiger partial charge in [0.05, 0.1) is 13.0 Å². The zero-order valence-corrected chi connectivity index (χ0v) is 15.6. The zero-order valence-electron chi connectivity index (χ0n) is 15.6. The molecule has 3 aromatic rings. The molecule has 1 N–H and O–H groups in total. The summed E-state index contributed by atoms with van der Waals surface area (Å²) in [6.07, 6.45) is 0.908. The van der Waals surface area contributed by atoms with Crippen LogP contribution in [0.1, 0.15) is 23.4 Å². The first kappa shape index (κ1) is 18.1. The van der Waals surface area contributed by atoms with E-state index in [1.54, 1.807) is 18.1 Å². The summed E-state index contributed by atoms with van der Waals surface area (Å²) < 4.78 is 11.3. The molecule has 1 saturated heterocycles. The van der Waals surface area contributed by atoms with Crippen molar-refractivity contribution in [3.63, 3.8) is 0 Å². The molecule has 0 spiro atoms. The van der Waals surface area contributed by atoms with Crippen LogP contribution in [0.25, 0.3) is 22.1 Å². The van der Waals surface area contributed by atoms with Crippen LogP contribution < -0.4 is 4.74 Å². The van der Waals surface area contributed by atoms with Gasteiger partial charge in [-0.25, -0.2) is 0 Å². The first-order valence-electron chi connectivity index (χ1n) is 9.26. The fourth-order valence-electron chi connectivity index (χ4n) is 3.72. The monoisotopic (exact) mass is 379 g/mol. The normalized spacial score (nSPS) is 15.0. The summed E-state index contributed by atoms with van der Waals surface area (Å²) in [7, 11) is 1.58. The number of carbonyl (C=O) groups excluding carboxylic acids is 1. The third-order valence-corrected chi connectivity index (χ3v) is 5.29. The highest BCUT2D eigenvalue weighted by Gasteiger charge is 2.31. The molecule has 144 valence electrons. The Morgan fingerprint density at radius 3 is 2.46 bits per heavy atom. The van der Waals surface area contributed by atoms with E-state index in [4.69, 9.17) is 9.15 Å². The molecule has 2 aromatic carbocycles. The fourth-order valence-corrected chi connectivity index (χ4v) is 3.72. The molecule has 6 heteroatoms. The summed E-state index contributed by atoms with van der Waals surface area (Å²) in [4.78, 5) is 26.1. The van der Waals surface area contributed by atoms with Gasteiger partial charge in [0.1, 0.15) is 11.3 Å². The molecule has 2 heterocycles. The Kier molecular flexibility index (Phi) is 4.77. The van der Waals surface area contributed by atoms with Gasteiger partial charge in [-0.3, -0.25) is 9.59 Å². The smallest absolute Gasteiger partial charge is 0.306 e. The van der Waals surface area contributed by atoms with E-state index in [9.17, 15) is 14.7 Å². The van der Waals surface area contributed by atoms with Gasteiger partial charge >= 0.3 is 5.97 Å². The van der Waals surface area contributed by atoms with Gasteiger partial charge in [0.15, 0.2) is 0 Å². The second-order valence-corrected chi connectivity index (χ2v) is 6.94. The van der Waals surface area contributed by atoms with E-state index in [0.29, 0.717) is 37.3 Å². The number of fused-ring (bicyclic) bond motifs is 1. The number of aliphatic carboxylic acids is 1. The number of hydrogen-bond acceptors (Lipinski definition) is 4. The maximum absolute atomic E-state index is 13.2. The van der Waals surface area contributed by atoms with Crippen LogP contribution in [0.4, 0.5) is 0 Å². The van der Waals surface area contributed by atoms with Crippen molar-refractivity contribution in [1.82, 2.24) is 4.90 Å². The predicted molar refractivity (Wildman–Crippen MR) is 104 cm³/mol. The maximum atomic E-state index is 13.2. The van der Waals surface area contributed by atoms with Crippen molar-refractivity contribution in [2.24, 2.45) is 5.92 Å². The van der Waals surface area contributed by atoms with Crippen LogP contribution in [0, 0.1) is 5.92 Å². The van der Waals surface area contributed by atoms with E-state index in [1.165, 1.54) is 0 Å². The molecule has 6 nitrogen and oxygen atoms in total. The lowest BCUT2D eigenvalue weighted by atomic mass is 9.96. The molecule has 0 atom stereocenters. The van der Waals surface area contributed by atoms with Crippen LogP contribution in [0.3, 0.4) is 0 Å². The van der Waals surface area contributed by atoms with E-state index in [1.807, 2.05) is 42.5 Å². The van der Waals surface area contributed by atoms with Gasteiger partial charge < -0.3 is 19.2 Å². The Labute approximate surface area is 162 Å². The number of amides is 1. The van der Waals surface area contributed by atoms with Crippen LogP contribution in [0.15, 0.2) is 52.9 Å². The molecular formula is C22H21NO5. The Bertz CT molecular complexity index is 1020. The lowest BCUT2D eigenvalue weighted by Gasteiger charge is -2.29. The number of hydrogen-bond donors (Lipinski definition) is 1. The molecule has 1 aromatic heterocycles. The number of methoxy groups -OCH3 is 1. The predicted octanol–water partition coefficient (Wildman–Crippen LogP) is 4.05. The van der Waals surface area contributed by atoms with Gasteiger partial charge in [-0.15, -0.1) is 0 Å². The quantitative estimate of drug-likeness (QED) is 0.740. The highest BCUT2D eigenvalue weighted by Crippen LogP contribution is 2.37. The minimum atomic E-state index is -0.798. The van der Waals surface area contributed by atoms with Crippen molar-refractivity contribution in [1.29, 1.82) is 0 Å². The molecular weight excluding hydrogens is 358 g/mol. The topological polar surface area (TPSA) is 80.0 Å². The number of furan rings is 1. The number of carbonyl (C=O) groups is 2. The summed E-state index contributed by atoms with van der Waals surface area (Å²) in [6.45, 7) is 0.814. The van der Waals surface area contributed by atoms with Gasteiger partial charge in [-0.05, 0) is 30.5 Å². The fraction of sp³-hybridized carbons (Fsp3) is 0.273. The number of ether oxygens (including phenoxy) is 1. The lowest BCUT2D eigenvalue weighted by molar-refractivity contribution is -0.143. The van der Waals surface area contributed by atoms with Gasteiger partial charge in [-0.2, -0.15) is 0 Å². The number of piperidine rings is 1. The Balaban J connectivity index is 1.75. The Morgan fingerprint density at radius 2 is 1.82 bits per heavy atom. The second-order valence-electron chi connectivity index (χ2n) is 6.94. The minimum Gasteiger partial charge on any atom is -0.497 e. The summed E-state index contributed by atoms with van der Waals surface area (Å²) >= 11 is 0. The number of carboxylic acid groups (broad SMARTS) is 1. The van der Waals surface area contributed by atoms with Crippen LogP contribution >= 0.6 is 0 Å². The average molecular weight is 379 g/mol. The number of nitrogens with zero attached hydrogens (tertiary/aromatic N) is 1. The van der Waals surface area contributed by atoms with E-state index >= 15 is 0 Å². The molecule has 1 aliphatic heterocycles. The van der Waals surface area contributed by atoms with E-state index in [-0.39, 0.29) is 11.7 Å². The molecule has 0 unspecified atom stereocenters. The number of rotatable bonds is 4. The molecule has 0 saturated carbocycles. The third kappa shape index (κ3) is 3.22. The second kappa shape index (κ2) is 7.38. The zero-order chi connectivity index (χ0) is 19.7. The van der Waals surface area contributed by atoms with Crippen molar-refractivity contribution >= 4 is 22.8 Å². The minimum absolute atomic E-state index is 0.210. The molecule has 4 rings (SSSR count). The van der Waals surface area contributed by atoms with Crippen LogP contribution in [-0.2, 0) is 4.79 Å². The Hall–Kier alpha value is -3.28. The van der Waals surface area contributed by atoms with E-state index < -0.39 is 11.9 Å². The highest BCUT2D eigenvalue weighted by molar-refractivity contribution is 6.08. The summed E-state index contributed by atoms with van der Waals surface area (Å²) in [5.74, 6) is -0.464. The first-order valence-corrected chi connectivity index (χ1v) is 9.26. The van der Waals surface area contributed by atoms with Crippen LogP contribution in [0.2, 0.25) is 0 Å². The molecule has 1 fully saturated rings. The van der Waals surface area contributed by atoms with Crippen molar-refractivity contribution in [3.05, 3.63) is 54.3 Å². The van der Waals surface area contributed by atoms with E-state index in [2.05, 4.69) is 0 Å². The van der Waals surface area contributed by atoms with Gasteiger partial charge in [0.25, 0.3) is 5.91 Å². The third-order valence-electron chi connectivity index (χ3n) is 5.29. The molecule has 28 heavy (non-hydrogen) atoms. The van der Waals surface area contributed by atoms with Gasteiger partial charge in [-0.1, -0.05) is 30.3 Å². The number of benzene rings is 2. The largest absolute Gasteiger partial charge is 0.497 e. The van der Waals surface area contributed by atoms with E-state index in [0.717, 1.165) is 16.5 Å². The molecule has 0 bridgehead atoms. The van der Waals surface area contributed by atoms with Gasteiger partial charge in [0.2, 0.25) is 5.76 Å². The maximum Gasteiger partial charge on any atom is 0.306 e. The molecule has 1 aliphatic rings. The Morgan fingerprint density at radius 1 is 1.11 bits per heavy atom.